The molecule has 0 aromatic heterocycles. The van der Waals surface area contributed by atoms with Crippen LogP contribution in [0.15, 0.2) is 18.2 Å². The number of ether oxygens (including phenoxy) is 1. The molecule has 0 unspecified atom stereocenters. The summed E-state index contributed by atoms with van der Waals surface area (Å²) in [4.78, 5) is 12.0. The third-order valence-electron chi connectivity index (χ3n) is 4.10. The van der Waals surface area contributed by atoms with Crippen LogP contribution in [0.4, 0.5) is 4.39 Å². The van der Waals surface area contributed by atoms with Crippen LogP contribution in [0.5, 0.6) is 5.75 Å². The molecule has 1 aliphatic heterocycles. The minimum absolute atomic E-state index is 0. The Bertz CT molecular complexity index is 505. The zero-order valence-electron chi connectivity index (χ0n) is 13.1. The summed E-state index contributed by atoms with van der Waals surface area (Å²) in [6.45, 7) is 4.86. The summed E-state index contributed by atoms with van der Waals surface area (Å²) in [6, 6.07) is 4.62. The van der Waals surface area contributed by atoms with Crippen molar-refractivity contribution in [3.05, 3.63) is 29.6 Å². The van der Waals surface area contributed by atoms with Gasteiger partial charge >= 0.3 is 0 Å². The number of hydrogen-bond acceptors (Lipinski definition) is 3. The summed E-state index contributed by atoms with van der Waals surface area (Å²) in [7, 11) is 1.42. The summed E-state index contributed by atoms with van der Waals surface area (Å²) in [6.07, 6.45) is 2.31. The number of carbonyl (C=O) groups is 1. The highest BCUT2D eigenvalue weighted by Gasteiger charge is 2.26. The molecular formula is C16H24ClFN2O2. The van der Waals surface area contributed by atoms with Crippen molar-refractivity contribution < 1.29 is 13.9 Å². The van der Waals surface area contributed by atoms with Gasteiger partial charge in [0.25, 0.3) is 0 Å². The van der Waals surface area contributed by atoms with Gasteiger partial charge in [-0.1, -0.05) is 13.0 Å². The van der Waals surface area contributed by atoms with Gasteiger partial charge in [-0.3, -0.25) is 4.79 Å². The van der Waals surface area contributed by atoms with Crippen LogP contribution >= 0.6 is 12.4 Å². The van der Waals surface area contributed by atoms with E-state index >= 15 is 0 Å². The molecule has 2 rings (SSSR count). The molecular weight excluding hydrogens is 307 g/mol. The first-order valence-corrected chi connectivity index (χ1v) is 7.32. The van der Waals surface area contributed by atoms with Crippen molar-refractivity contribution in [3.8, 4) is 5.75 Å². The Morgan fingerprint density at radius 1 is 1.41 bits per heavy atom. The van der Waals surface area contributed by atoms with Crippen LogP contribution in [0.1, 0.15) is 25.3 Å². The van der Waals surface area contributed by atoms with Crippen LogP contribution in [-0.4, -0.2) is 32.7 Å². The molecule has 1 aliphatic rings. The third kappa shape index (κ3) is 5.14. The molecule has 2 N–H and O–H groups in total. The molecule has 1 aromatic rings. The number of benzene rings is 1. The van der Waals surface area contributed by atoms with Crippen molar-refractivity contribution in [3.63, 3.8) is 0 Å². The summed E-state index contributed by atoms with van der Waals surface area (Å²) in [5, 5.41) is 6.29. The lowest BCUT2D eigenvalue weighted by molar-refractivity contribution is -0.121. The van der Waals surface area contributed by atoms with Crippen molar-refractivity contribution in [2.45, 2.75) is 26.2 Å². The van der Waals surface area contributed by atoms with Crippen LogP contribution < -0.4 is 15.4 Å². The van der Waals surface area contributed by atoms with Gasteiger partial charge in [-0.15, -0.1) is 12.4 Å². The van der Waals surface area contributed by atoms with Gasteiger partial charge in [-0.2, -0.15) is 0 Å². The van der Waals surface area contributed by atoms with E-state index in [0.717, 1.165) is 25.9 Å². The van der Waals surface area contributed by atoms with E-state index < -0.39 is 5.82 Å². The number of amides is 1. The molecule has 6 heteroatoms. The van der Waals surface area contributed by atoms with E-state index in [-0.39, 0.29) is 35.9 Å². The van der Waals surface area contributed by atoms with E-state index in [0.29, 0.717) is 12.1 Å². The molecule has 1 heterocycles. The van der Waals surface area contributed by atoms with Crippen molar-refractivity contribution in [1.82, 2.24) is 10.6 Å². The Morgan fingerprint density at radius 3 is 2.68 bits per heavy atom. The van der Waals surface area contributed by atoms with E-state index in [1.807, 2.05) is 0 Å². The largest absolute Gasteiger partial charge is 0.494 e. The van der Waals surface area contributed by atoms with E-state index in [2.05, 4.69) is 17.6 Å². The molecule has 1 saturated heterocycles. The Hall–Kier alpha value is -1.33. The first-order chi connectivity index (χ1) is 10.0. The first-order valence-electron chi connectivity index (χ1n) is 7.32. The average Bonchev–Trinajstić information content (AvgIpc) is 2.46. The van der Waals surface area contributed by atoms with Crippen LogP contribution in [0.25, 0.3) is 0 Å². The second-order valence-corrected chi connectivity index (χ2v) is 5.98. The fourth-order valence-electron chi connectivity index (χ4n) is 2.59. The highest BCUT2D eigenvalue weighted by Crippen LogP contribution is 2.26. The summed E-state index contributed by atoms with van der Waals surface area (Å²) in [5.74, 6) is -0.311. The topological polar surface area (TPSA) is 50.4 Å². The lowest BCUT2D eigenvalue weighted by Crippen LogP contribution is -2.43. The lowest BCUT2D eigenvalue weighted by atomic mass is 9.81. The quantitative estimate of drug-likeness (QED) is 0.871. The van der Waals surface area contributed by atoms with Gasteiger partial charge in [0.15, 0.2) is 11.6 Å². The number of halogens is 2. The Morgan fingerprint density at radius 2 is 2.09 bits per heavy atom. The molecule has 4 nitrogen and oxygen atoms in total. The monoisotopic (exact) mass is 330 g/mol. The number of methoxy groups -OCH3 is 1. The zero-order chi connectivity index (χ0) is 15.3. The molecule has 0 spiro atoms. The maximum atomic E-state index is 13.6. The highest BCUT2D eigenvalue weighted by molar-refractivity contribution is 5.85. The predicted octanol–water partition coefficient (Wildman–Crippen LogP) is 2.30. The normalized spacial score (nSPS) is 16.5. The number of rotatable bonds is 5. The van der Waals surface area contributed by atoms with E-state index in [1.54, 1.807) is 12.1 Å². The molecule has 1 amide bonds. The maximum absolute atomic E-state index is 13.6. The van der Waals surface area contributed by atoms with E-state index in [1.165, 1.54) is 13.2 Å². The molecule has 0 bridgehead atoms. The van der Waals surface area contributed by atoms with Crippen molar-refractivity contribution in [1.29, 1.82) is 0 Å². The molecule has 1 fully saturated rings. The van der Waals surface area contributed by atoms with Crippen LogP contribution in [0, 0.1) is 11.2 Å². The fraction of sp³-hybridized carbons (Fsp3) is 0.562. The second-order valence-electron chi connectivity index (χ2n) is 5.98. The van der Waals surface area contributed by atoms with Gasteiger partial charge in [-0.25, -0.2) is 4.39 Å². The average molecular weight is 331 g/mol. The van der Waals surface area contributed by atoms with E-state index in [9.17, 15) is 9.18 Å². The van der Waals surface area contributed by atoms with Crippen LogP contribution in [0.2, 0.25) is 0 Å². The van der Waals surface area contributed by atoms with Crippen molar-refractivity contribution in [2.75, 3.05) is 26.7 Å². The number of piperidine rings is 1. The third-order valence-corrected chi connectivity index (χ3v) is 4.10. The first kappa shape index (κ1) is 18.7. The number of carbonyl (C=O) groups excluding carboxylic acids is 1. The van der Waals surface area contributed by atoms with Crippen LogP contribution in [0.3, 0.4) is 0 Å². The molecule has 0 aliphatic carbocycles. The van der Waals surface area contributed by atoms with E-state index in [4.69, 9.17) is 4.74 Å². The molecule has 124 valence electrons. The minimum Gasteiger partial charge on any atom is -0.494 e. The van der Waals surface area contributed by atoms with Gasteiger partial charge in [0, 0.05) is 6.54 Å². The standard InChI is InChI=1S/C16H23FN2O2.ClH/c1-16(5-7-18-8-6-16)11-19-15(20)10-12-3-4-14(21-2)13(17)9-12;/h3-4,9,18H,5-8,10-11H2,1-2H3,(H,19,20);1H. The molecule has 0 radical (unpaired) electrons. The minimum atomic E-state index is -0.437. The molecule has 22 heavy (non-hydrogen) atoms. The second kappa shape index (κ2) is 8.34. The van der Waals surface area contributed by atoms with Crippen LogP contribution in [-0.2, 0) is 11.2 Å². The summed E-state index contributed by atoms with van der Waals surface area (Å²) in [5.41, 5.74) is 0.813. The Balaban J connectivity index is 0.00000242. The molecule has 0 saturated carbocycles. The predicted molar refractivity (Wildman–Crippen MR) is 87.1 cm³/mol. The van der Waals surface area contributed by atoms with Gasteiger partial charge in [0.2, 0.25) is 5.91 Å². The fourth-order valence-corrected chi connectivity index (χ4v) is 2.59. The van der Waals surface area contributed by atoms with Gasteiger partial charge in [0.1, 0.15) is 0 Å². The van der Waals surface area contributed by atoms with Gasteiger partial charge in [-0.05, 0) is 49.0 Å². The van der Waals surface area contributed by atoms with Crippen molar-refractivity contribution >= 4 is 18.3 Å². The summed E-state index contributed by atoms with van der Waals surface area (Å²) < 4.78 is 18.4. The SMILES string of the molecule is COc1ccc(CC(=O)NCC2(C)CCNCC2)cc1F.Cl. The Kier molecular flexibility index (Phi) is 7.10. The zero-order valence-corrected chi connectivity index (χ0v) is 13.9. The number of hydrogen-bond donors (Lipinski definition) is 2. The van der Waals surface area contributed by atoms with Crippen molar-refractivity contribution in [2.24, 2.45) is 5.41 Å². The van der Waals surface area contributed by atoms with Gasteiger partial charge in [0.05, 0.1) is 13.5 Å². The maximum Gasteiger partial charge on any atom is 0.224 e. The van der Waals surface area contributed by atoms with Gasteiger partial charge < -0.3 is 15.4 Å². The molecule has 1 aromatic carbocycles. The molecule has 0 atom stereocenters. The lowest BCUT2D eigenvalue weighted by Gasteiger charge is -2.34. The smallest absolute Gasteiger partial charge is 0.224 e. The summed E-state index contributed by atoms with van der Waals surface area (Å²) >= 11 is 0. The Labute approximate surface area is 137 Å². The highest BCUT2D eigenvalue weighted by atomic mass is 35.5. The number of nitrogens with one attached hydrogen (secondary N) is 2.